The Morgan fingerprint density at radius 2 is 1.94 bits per heavy atom. The van der Waals surface area contributed by atoms with Crippen LogP contribution in [0.15, 0.2) is 0 Å². The van der Waals surface area contributed by atoms with Crippen LogP contribution in [0.3, 0.4) is 0 Å². The molecule has 2 rings (SSSR count). The van der Waals surface area contributed by atoms with E-state index in [1.807, 2.05) is 0 Å². The van der Waals surface area contributed by atoms with Gasteiger partial charge in [0.05, 0.1) is 0 Å². The molecule has 2 unspecified atom stereocenters. The number of likely N-dealkylation sites (tertiary alicyclic amines) is 1. The van der Waals surface area contributed by atoms with Crippen molar-refractivity contribution in [2.24, 2.45) is 11.8 Å². The molecule has 0 spiro atoms. The highest BCUT2D eigenvalue weighted by atomic mass is 16.2. The number of piperidine rings is 2. The van der Waals surface area contributed by atoms with Crippen molar-refractivity contribution in [3.05, 3.63) is 0 Å². The molecule has 2 aliphatic rings. The maximum Gasteiger partial charge on any atom is 0.222 e. The monoisotopic (exact) mass is 252 g/mol. The Morgan fingerprint density at radius 3 is 2.61 bits per heavy atom. The molecular weight excluding hydrogens is 224 g/mol. The molecule has 0 radical (unpaired) electrons. The molecule has 2 aliphatic heterocycles. The van der Waals surface area contributed by atoms with Crippen molar-refractivity contribution in [2.75, 3.05) is 19.6 Å². The van der Waals surface area contributed by atoms with E-state index in [9.17, 15) is 4.79 Å². The minimum atomic E-state index is 0.396. The summed E-state index contributed by atoms with van der Waals surface area (Å²) in [6.07, 6.45) is 6.73. The molecule has 2 fully saturated rings. The molecule has 2 heterocycles. The van der Waals surface area contributed by atoms with Crippen molar-refractivity contribution in [1.82, 2.24) is 10.2 Å². The van der Waals surface area contributed by atoms with E-state index in [4.69, 9.17) is 0 Å². The molecule has 0 saturated carbocycles. The Bertz CT molecular complexity index is 274. The quantitative estimate of drug-likeness (QED) is 0.836. The zero-order valence-electron chi connectivity index (χ0n) is 12.0. The number of hydrogen-bond donors (Lipinski definition) is 1. The second-order valence-electron chi connectivity index (χ2n) is 6.30. The number of hydrogen-bond acceptors (Lipinski definition) is 2. The maximum absolute atomic E-state index is 12.3. The molecule has 0 aromatic heterocycles. The lowest BCUT2D eigenvalue weighted by atomic mass is 9.91. The zero-order chi connectivity index (χ0) is 13.0. The van der Waals surface area contributed by atoms with Crippen molar-refractivity contribution in [2.45, 2.75) is 58.4 Å². The van der Waals surface area contributed by atoms with Gasteiger partial charge in [-0.25, -0.2) is 0 Å². The average Bonchev–Trinajstić information content (AvgIpc) is 2.37. The fourth-order valence-electron chi connectivity index (χ4n) is 3.42. The third-order valence-corrected chi connectivity index (χ3v) is 4.68. The lowest BCUT2D eigenvalue weighted by molar-refractivity contribution is -0.135. The summed E-state index contributed by atoms with van der Waals surface area (Å²) in [5.41, 5.74) is 0. The van der Waals surface area contributed by atoms with E-state index in [0.29, 0.717) is 11.9 Å². The summed E-state index contributed by atoms with van der Waals surface area (Å²) in [7, 11) is 0. The number of carbonyl (C=O) groups excluding carboxylic acids is 1. The normalized spacial score (nSPS) is 30.4. The molecule has 0 aliphatic carbocycles. The van der Waals surface area contributed by atoms with Gasteiger partial charge in [0, 0.05) is 19.0 Å². The van der Waals surface area contributed by atoms with Gasteiger partial charge in [-0.1, -0.05) is 6.92 Å². The lowest BCUT2D eigenvalue weighted by Gasteiger charge is -2.37. The first-order valence-electron chi connectivity index (χ1n) is 7.67. The third kappa shape index (κ3) is 3.71. The van der Waals surface area contributed by atoms with Crippen LogP contribution in [0.1, 0.15) is 52.4 Å². The topological polar surface area (TPSA) is 32.3 Å². The van der Waals surface area contributed by atoms with Crippen LogP contribution in [-0.2, 0) is 4.79 Å². The largest absolute Gasteiger partial charge is 0.340 e. The first-order chi connectivity index (χ1) is 8.66. The van der Waals surface area contributed by atoms with E-state index in [0.717, 1.165) is 44.3 Å². The Morgan fingerprint density at radius 1 is 1.22 bits per heavy atom. The SMILES string of the molecule is CC1CCN(C(=O)CCC2CCNCC2)C(C)C1. The van der Waals surface area contributed by atoms with Crippen molar-refractivity contribution >= 4 is 5.91 Å². The molecule has 3 heteroatoms. The van der Waals surface area contributed by atoms with Crippen molar-refractivity contribution in [3.63, 3.8) is 0 Å². The molecule has 2 atom stereocenters. The van der Waals surface area contributed by atoms with Gasteiger partial charge in [0.2, 0.25) is 5.91 Å². The highest BCUT2D eigenvalue weighted by molar-refractivity contribution is 5.76. The number of amides is 1. The predicted octanol–water partition coefficient (Wildman–Crippen LogP) is 2.41. The van der Waals surface area contributed by atoms with Gasteiger partial charge in [-0.3, -0.25) is 4.79 Å². The van der Waals surface area contributed by atoms with Crippen LogP contribution in [0.4, 0.5) is 0 Å². The van der Waals surface area contributed by atoms with Crippen LogP contribution in [0.25, 0.3) is 0 Å². The molecule has 104 valence electrons. The van der Waals surface area contributed by atoms with Crippen LogP contribution in [-0.4, -0.2) is 36.5 Å². The van der Waals surface area contributed by atoms with E-state index in [1.165, 1.54) is 25.7 Å². The van der Waals surface area contributed by atoms with E-state index < -0.39 is 0 Å². The maximum atomic E-state index is 12.3. The predicted molar refractivity (Wildman–Crippen MR) is 74.4 cm³/mol. The number of nitrogens with zero attached hydrogens (tertiary/aromatic N) is 1. The summed E-state index contributed by atoms with van der Waals surface area (Å²) < 4.78 is 0. The van der Waals surface area contributed by atoms with Gasteiger partial charge in [-0.2, -0.15) is 0 Å². The molecule has 18 heavy (non-hydrogen) atoms. The highest BCUT2D eigenvalue weighted by Gasteiger charge is 2.26. The molecule has 3 nitrogen and oxygen atoms in total. The Labute approximate surface area is 111 Å². The average molecular weight is 252 g/mol. The lowest BCUT2D eigenvalue weighted by Crippen LogP contribution is -2.44. The summed E-state index contributed by atoms with van der Waals surface area (Å²) in [6, 6.07) is 0.453. The van der Waals surface area contributed by atoms with E-state index in [2.05, 4.69) is 24.1 Å². The second-order valence-corrected chi connectivity index (χ2v) is 6.30. The molecule has 2 saturated heterocycles. The Kier molecular flexibility index (Phi) is 5.04. The number of rotatable bonds is 3. The van der Waals surface area contributed by atoms with Crippen LogP contribution in [0, 0.1) is 11.8 Å². The van der Waals surface area contributed by atoms with Crippen LogP contribution >= 0.6 is 0 Å². The number of nitrogens with one attached hydrogen (secondary N) is 1. The summed E-state index contributed by atoms with van der Waals surface area (Å²) in [5, 5.41) is 3.38. The van der Waals surface area contributed by atoms with E-state index in [-0.39, 0.29) is 0 Å². The first kappa shape index (κ1) is 13.9. The van der Waals surface area contributed by atoms with Crippen LogP contribution < -0.4 is 5.32 Å². The molecule has 1 N–H and O–H groups in total. The Balaban J connectivity index is 1.73. The first-order valence-corrected chi connectivity index (χ1v) is 7.67. The fraction of sp³-hybridized carbons (Fsp3) is 0.933. The molecule has 0 aromatic carbocycles. The molecule has 0 bridgehead atoms. The number of carbonyl (C=O) groups is 1. The van der Waals surface area contributed by atoms with Gasteiger partial charge >= 0.3 is 0 Å². The molecule has 0 aromatic rings. The van der Waals surface area contributed by atoms with Gasteiger partial charge in [-0.05, 0) is 64.0 Å². The zero-order valence-corrected chi connectivity index (χ0v) is 12.0. The third-order valence-electron chi connectivity index (χ3n) is 4.68. The van der Waals surface area contributed by atoms with Crippen LogP contribution in [0.2, 0.25) is 0 Å². The minimum absolute atomic E-state index is 0.396. The summed E-state index contributed by atoms with van der Waals surface area (Å²) in [4.78, 5) is 14.4. The van der Waals surface area contributed by atoms with Crippen molar-refractivity contribution in [1.29, 1.82) is 0 Å². The van der Waals surface area contributed by atoms with E-state index >= 15 is 0 Å². The van der Waals surface area contributed by atoms with Gasteiger partial charge in [-0.15, -0.1) is 0 Å². The fourth-order valence-corrected chi connectivity index (χ4v) is 3.42. The van der Waals surface area contributed by atoms with Crippen LogP contribution in [0.5, 0.6) is 0 Å². The van der Waals surface area contributed by atoms with Gasteiger partial charge in [0.15, 0.2) is 0 Å². The summed E-state index contributed by atoms with van der Waals surface area (Å²) in [6.45, 7) is 7.76. The summed E-state index contributed by atoms with van der Waals surface area (Å²) in [5.74, 6) is 1.95. The second kappa shape index (κ2) is 6.55. The standard InChI is InChI=1S/C15H28N2O/c1-12-7-10-17(13(2)11-12)15(18)4-3-14-5-8-16-9-6-14/h12-14,16H,3-11H2,1-2H3. The van der Waals surface area contributed by atoms with E-state index in [1.54, 1.807) is 0 Å². The highest BCUT2D eigenvalue weighted by Crippen LogP contribution is 2.24. The van der Waals surface area contributed by atoms with Gasteiger partial charge < -0.3 is 10.2 Å². The summed E-state index contributed by atoms with van der Waals surface area (Å²) >= 11 is 0. The Hall–Kier alpha value is -0.570. The van der Waals surface area contributed by atoms with Crippen molar-refractivity contribution < 1.29 is 4.79 Å². The smallest absolute Gasteiger partial charge is 0.222 e. The van der Waals surface area contributed by atoms with Gasteiger partial charge in [0.1, 0.15) is 0 Å². The molecule has 1 amide bonds. The minimum Gasteiger partial charge on any atom is -0.340 e. The van der Waals surface area contributed by atoms with Crippen molar-refractivity contribution in [3.8, 4) is 0 Å². The molecular formula is C15H28N2O. The van der Waals surface area contributed by atoms with Gasteiger partial charge in [0.25, 0.3) is 0 Å².